The monoisotopic (exact) mass is 255 g/mol. The minimum absolute atomic E-state index is 0. The fraction of sp³-hybridized carbons (Fsp3) is 0.462. The van der Waals surface area contributed by atoms with E-state index in [9.17, 15) is 4.79 Å². The Morgan fingerprint density at radius 2 is 2.00 bits per heavy atom. The van der Waals surface area contributed by atoms with Gasteiger partial charge in [-0.25, -0.2) is 0 Å². The summed E-state index contributed by atoms with van der Waals surface area (Å²) < 4.78 is 0. The number of aliphatic carboxylic acids is 1. The zero-order chi connectivity index (χ0) is 11.4. The maximum Gasteiger partial charge on any atom is 0.305 e. The van der Waals surface area contributed by atoms with E-state index in [0.717, 1.165) is 31.4 Å². The first kappa shape index (κ1) is 14.0. The molecule has 0 saturated carbocycles. The number of carbonyl (C=O) groups is 1. The number of hydrogen-bond acceptors (Lipinski definition) is 2. The molecule has 1 aliphatic heterocycles. The van der Waals surface area contributed by atoms with Gasteiger partial charge in [0.25, 0.3) is 0 Å². The van der Waals surface area contributed by atoms with Crippen LogP contribution in [0.25, 0.3) is 0 Å². The van der Waals surface area contributed by atoms with Gasteiger partial charge < -0.3 is 10.4 Å². The first-order valence-corrected chi connectivity index (χ1v) is 5.75. The van der Waals surface area contributed by atoms with E-state index < -0.39 is 5.97 Å². The lowest BCUT2D eigenvalue weighted by Crippen LogP contribution is -2.47. The molecule has 0 aliphatic carbocycles. The highest BCUT2D eigenvalue weighted by molar-refractivity contribution is 5.85. The normalized spacial score (nSPS) is 23.8. The van der Waals surface area contributed by atoms with E-state index in [1.807, 2.05) is 30.3 Å². The van der Waals surface area contributed by atoms with Crippen molar-refractivity contribution >= 4 is 18.4 Å². The Morgan fingerprint density at radius 3 is 2.53 bits per heavy atom. The Hall–Kier alpha value is -1.06. The summed E-state index contributed by atoms with van der Waals surface area (Å²) in [5.41, 5.74) is 0.739. The van der Waals surface area contributed by atoms with Gasteiger partial charge in [-0.15, -0.1) is 12.4 Å². The summed E-state index contributed by atoms with van der Waals surface area (Å²) in [7, 11) is 0. The first-order valence-electron chi connectivity index (χ1n) is 5.75. The molecule has 1 heterocycles. The molecular formula is C13H18ClNO2. The topological polar surface area (TPSA) is 49.3 Å². The minimum atomic E-state index is -0.738. The molecule has 2 N–H and O–H groups in total. The van der Waals surface area contributed by atoms with Gasteiger partial charge in [0.05, 0.1) is 12.0 Å². The van der Waals surface area contributed by atoms with Crippen molar-refractivity contribution in [2.45, 2.75) is 31.2 Å². The van der Waals surface area contributed by atoms with E-state index in [0.29, 0.717) is 0 Å². The third-order valence-corrected chi connectivity index (χ3v) is 3.27. The molecule has 17 heavy (non-hydrogen) atoms. The van der Waals surface area contributed by atoms with Crippen LogP contribution < -0.4 is 5.32 Å². The molecule has 0 unspecified atom stereocenters. The van der Waals surface area contributed by atoms with Crippen LogP contribution in [0.3, 0.4) is 0 Å². The number of carboxylic acids is 1. The van der Waals surface area contributed by atoms with E-state index in [-0.39, 0.29) is 24.4 Å². The molecule has 0 amide bonds. The summed E-state index contributed by atoms with van der Waals surface area (Å²) in [6.07, 6.45) is 3.30. The second kappa shape index (κ2) is 6.03. The summed E-state index contributed by atoms with van der Waals surface area (Å²) in [5.74, 6) is -0.738. The summed E-state index contributed by atoms with van der Waals surface area (Å²) >= 11 is 0. The Labute approximate surface area is 108 Å². The molecule has 1 saturated heterocycles. The second-order valence-corrected chi connectivity index (χ2v) is 4.40. The zero-order valence-electron chi connectivity index (χ0n) is 9.69. The number of piperidine rings is 1. The van der Waals surface area contributed by atoms with Crippen molar-refractivity contribution in [1.82, 2.24) is 5.32 Å². The number of carboxylic acid groups (broad SMARTS) is 1. The van der Waals surface area contributed by atoms with Crippen LogP contribution in [-0.2, 0) is 10.3 Å². The van der Waals surface area contributed by atoms with Gasteiger partial charge in [-0.3, -0.25) is 4.79 Å². The van der Waals surface area contributed by atoms with Crippen LogP contribution in [0, 0.1) is 0 Å². The Balaban J connectivity index is 0.00000144. The highest BCUT2D eigenvalue weighted by Gasteiger charge is 2.35. The zero-order valence-corrected chi connectivity index (χ0v) is 10.5. The lowest BCUT2D eigenvalue weighted by Gasteiger charge is -2.38. The van der Waals surface area contributed by atoms with Crippen LogP contribution in [0.5, 0.6) is 0 Å². The van der Waals surface area contributed by atoms with Crippen molar-refractivity contribution in [3.05, 3.63) is 35.9 Å². The molecule has 2 rings (SSSR count). The quantitative estimate of drug-likeness (QED) is 0.873. The van der Waals surface area contributed by atoms with E-state index in [2.05, 4.69) is 5.32 Å². The SMILES string of the molecule is Cl.O=C(O)C[C@@]1(c2ccccc2)CCCCN1. The summed E-state index contributed by atoms with van der Waals surface area (Å²) in [6, 6.07) is 9.92. The van der Waals surface area contributed by atoms with Crippen LogP contribution in [0.4, 0.5) is 0 Å². The van der Waals surface area contributed by atoms with E-state index >= 15 is 0 Å². The molecule has 1 aromatic rings. The molecule has 1 aromatic carbocycles. The molecule has 3 nitrogen and oxygen atoms in total. The van der Waals surface area contributed by atoms with E-state index in [1.54, 1.807) is 0 Å². The summed E-state index contributed by atoms with van der Waals surface area (Å²) in [5, 5.41) is 12.5. The number of nitrogens with one attached hydrogen (secondary N) is 1. The van der Waals surface area contributed by atoms with Gasteiger partial charge in [-0.05, 0) is 31.4 Å². The van der Waals surface area contributed by atoms with Crippen molar-refractivity contribution in [2.75, 3.05) is 6.54 Å². The number of benzene rings is 1. The molecule has 1 atom stereocenters. The number of halogens is 1. The predicted octanol–water partition coefficient (Wildman–Crippen LogP) is 2.55. The van der Waals surface area contributed by atoms with Crippen LogP contribution in [0.2, 0.25) is 0 Å². The standard InChI is InChI=1S/C13H17NO2.ClH/c15-12(16)10-13(8-4-5-9-14-13)11-6-2-1-3-7-11;/h1-3,6-7,14H,4-5,8-10H2,(H,15,16);1H/t13-;/m1./s1. The molecule has 0 radical (unpaired) electrons. The smallest absolute Gasteiger partial charge is 0.305 e. The van der Waals surface area contributed by atoms with Crippen LogP contribution in [0.15, 0.2) is 30.3 Å². The molecule has 4 heteroatoms. The molecule has 0 bridgehead atoms. The minimum Gasteiger partial charge on any atom is -0.481 e. The van der Waals surface area contributed by atoms with Gasteiger partial charge in [-0.1, -0.05) is 30.3 Å². The predicted molar refractivity (Wildman–Crippen MR) is 69.5 cm³/mol. The second-order valence-electron chi connectivity index (χ2n) is 4.40. The highest BCUT2D eigenvalue weighted by Crippen LogP contribution is 2.33. The van der Waals surface area contributed by atoms with Crippen molar-refractivity contribution in [3.8, 4) is 0 Å². The fourth-order valence-corrected chi connectivity index (χ4v) is 2.48. The van der Waals surface area contributed by atoms with Crippen LogP contribution in [0.1, 0.15) is 31.2 Å². The van der Waals surface area contributed by atoms with Crippen LogP contribution >= 0.6 is 12.4 Å². The molecule has 0 aromatic heterocycles. The van der Waals surface area contributed by atoms with Gasteiger partial charge in [0.2, 0.25) is 0 Å². The Bertz CT molecular complexity index is 361. The summed E-state index contributed by atoms with van der Waals surface area (Å²) in [6.45, 7) is 0.905. The van der Waals surface area contributed by atoms with Crippen LogP contribution in [-0.4, -0.2) is 17.6 Å². The van der Waals surface area contributed by atoms with Gasteiger partial charge in [-0.2, -0.15) is 0 Å². The fourth-order valence-electron chi connectivity index (χ4n) is 2.48. The summed E-state index contributed by atoms with van der Waals surface area (Å²) in [4.78, 5) is 11.0. The highest BCUT2D eigenvalue weighted by atomic mass is 35.5. The maximum atomic E-state index is 11.0. The third kappa shape index (κ3) is 3.20. The van der Waals surface area contributed by atoms with Crippen molar-refractivity contribution < 1.29 is 9.90 Å². The van der Waals surface area contributed by atoms with E-state index in [4.69, 9.17) is 5.11 Å². The molecule has 1 fully saturated rings. The van der Waals surface area contributed by atoms with E-state index in [1.165, 1.54) is 0 Å². The largest absolute Gasteiger partial charge is 0.481 e. The van der Waals surface area contributed by atoms with Crippen molar-refractivity contribution in [2.24, 2.45) is 0 Å². The van der Waals surface area contributed by atoms with Gasteiger partial charge in [0.1, 0.15) is 0 Å². The number of hydrogen-bond donors (Lipinski definition) is 2. The third-order valence-electron chi connectivity index (χ3n) is 3.27. The average molecular weight is 256 g/mol. The van der Waals surface area contributed by atoms with Crippen molar-refractivity contribution in [1.29, 1.82) is 0 Å². The molecular weight excluding hydrogens is 238 g/mol. The molecule has 1 aliphatic rings. The van der Waals surface area contributed by atoms with Gasteiger partial charge in [0, 0.05) is 0 Å². The maximum absolute atomic E-state index is 11.0. The lowest BCUT2D eigenvalue weighted by atomic mass is 9.80. The molecule has 0 spiro atoms. The molecule has 94 valence electrons. The van der Waals surface area contributed by atoms with Gasteiger partial charge in [0.15, 0.2) is 0 Å². The Kier molecular flexibility index (Phi) is 4.97. The first-order chi connectivity index (χ1) is 7.73. The lowest BCUT2D eigenvalue weighted by molar-refractivity contribution is -0.139. The van der Waals surface area contributed by atoms with Crippen molar-refractivity contribution in [3.63, 3.8) is 0 Å². The Morgan fingerprint density at radius 1 is 1.29 bits per heavy atom. The van der Waals surface area contributed by atoms with Gasteiger partial charge >= 0.3 is 5.97 Å². The average Bonchev–Trinajstić information content (AvgIpc) is 2.30. The number of rotatable bonds is 3.